The topological polar surface area (TPSA) is 38.1 Å². The molecule has 24 heavy (non-hydrogen) atoms. The average molecular weight is 358 g/mol. The van der Waals surface area contributed by atoms with Gasteiger partial charge in [0.25, 0.3) is 5.91 Å². The number of carbonyl (C=O) groups is 1. The smallest absolute Gasteiger partial charge is 0.266 e. The number of carbonyl (C=O) groups excluding carboxylic acids is 1. The number of thioether (sulfide) groups is 1. The number of rotatable bonds is 5. The Hall–Kier alpha value is -1.92. The van der Waals surface area contributed by atoms with E-state index < -0.39 is 0 Å². The third kappa shape index (κ3) is 3.60. The number of thiocarbonyl (C=S) groups is 1. The largest absolute Gasteiger partial charge is 0.293 e. The molecular weight excluding hydrogens is 338 g/mol. The molecule has 0 radical (unpaired) electrons. The molecule has 2 aromatic rings. The SMILES string of the molecule is CCn1cc(/C=C2\SC(=S)N(CCc3ccccc3)C2=O)c(C)n1. The Morgan fingerprint density at radius 1 is 1.29 bits per heavy atom. The number of benzene rings is 1. The van der Waals surface area contributed by atoms with Crippen molar-refractivity contribution in [2.75, 3.05) is 6.54 Å². The van der Waals surface area contributed by atoms with Crippen LogP contribution in [0.1, 0.15) is 23.7 Å². The van der Waals surface area contributed by atoms with Crippen LogP contribution in [0.15, 0.2) is 41.4 Å². The lowest BCUT2D eigenvalue weighted by Gasteiger charge is -2.14. The molecule has 0 spiro atoms. The van der Waals surface area contributed by atoms with Gasteiger partial charge in [-0.3, -0.25) is 14.4 Å². The van der Waals surface area contributed by atoms with Crippen molar-refractivity contribution in [3.05, 3.63) is 58.3 Å². The van der Waals surface area contributed by atoms with Crippen molar-refractivity contribution in [2.45, 2.75) is 26.8 Å². The van der Waals surface area contributed by atoms with E-state index in [1.54, 1.807) is 4.90 Å². The Morgan fingerprint density at radius 3 is 2.71 bits per heavy atom. The molecule has 0 unspecified atom stereocenters. The lowest BCUT2D eigenvalue weighted by atomic mass is 10.1. The van der Waals surface area contributed by atoms with Crippen molar-refractivity contribution in [2.24, 2.45) is 0 Å². The maximum absolute atomic E-state index is 12.7. The highest BCUT2D eigenvalue weighted by Crippen LogP contribution is 2.33. The summed E-state index contributed by atoms with van der Waals surface area (Å²) in [7, 11) is 0. The van der Waals surface area contributed by atoms with E-state index >= 15 is 0 Å². The zero-order valence-corrected chi connectivity index (χ0v) is 15.4. The zero-order chi connectivity index (χ0) is 17.1. The van der Waals surface area contributed by atoms with E-state index in [1.165, 1.54) is 17.3 Å². The minimum absolute atomic E-state index is 0.00965. The van der Waals surface area contributed by atoms with Crippen molar-refractivity contribution in [3.63, 3.8) is 0 Å². The molecule has 3 rings (SSSR count). The van der Waals surface area contributed by atoms with Gasteiger partial charge in [0.2, 0.25) is 0 Å². The van der Waals surface area contributed by atoms with Gasteiger partial charge < -0.3 is 0 Å². The van der Waals surface area contributed by atoms with Crippen molar-refractivity contribution in [1.82, 2.24) is 14.7 Å². The summed E-state index contributed by atoms with van der Waals surface area (Å²) in [6, 6.07) is 10.1. The number of hydrogen-bond acceptors (Lipinski definition) is 4. The molecule has 1 aliphatic heterocycles. The molecule has 6 heteroatoms. The van der Waals surface area contributed by atoms with Crippen molar-refractivity contribution < 1.29 is 4.79 Å². The second-order valence-electron chi connectivity index (χ2n) is 5.59. The van der Waals surface area contributed by atoms with Gasteiger partial charge in [0.1, 0.15) is 4.32 Å². The fraction of sp³-hybridized carbons (Fsp3) is 0.278. The van der Waals surface area contributed by atoms with Gasteiger partial charge in [-0.05, 0) is 31.9 Å². The molecule has 1 saturated heterocycles. The van der Waals surface area contributed by atoms with Crippen LogP contribution in [0, 0.1) is 6.92 Å². The standard InChI is InChI=1S/C18H19N3OS2/c1-3-20-12-15(13(2)19-20)11-16-17(22)21(18(23)24-16)10-9-14-7-5-4-6-8-14/h4-8,11-12H,3,9-10H2,1-2H3/b16-11-. The number of amides is 1. The monoisotopic (exact) mass is 357 g/mol. The van der Waals surface area contributed by atoms with E-state index in [-0.39, 0.29) is 5.91 Å². The van der Waals surface area contributed by atoms with Crippen LogP contribution in [0.5, 0.6) is 0 Å². The molecule has 1 aromatic carbocycles. The molecule has 2 heterocycles. The van der Waals surface area contributed by atoms with Crippen molar-refractivity contribution in [1.29, 1.82) is 0 Å². The first-order valence-corrected chi connectivity index (χ1v) is 9.14. The summed E-state index contributed by atoms with van der Waals surface area (Å²) in [5, 5.41) is 4.42. The maximum Gasteiger partial charge on any atom is 0.266 e. The second kappa shape index (κ2) is 7.32. The van der Waals surface area contributed by atoms with E-state index in [2.05, 4.69) is 17.2 Å². The highest BCUT2D eigenvalue weighted by Gasteiger charge is 2.31. The summed E-state index contributed by atoms with van der Waals surface area (Å²) < 4.78 is 2.50. The third-order valence-corrected chi connectivity index (χ3v) is 5.31. The minimum Gasteiger partial charge on any atom is -0.293 e. The molecule has 1 fully saturated rings. The number of aromatic nitrogens is 2. The lowest BCUT2D eigenvalue weighted by Crippen LogP contribution is -2.30. The van der Waals surface area contributed by atoms with Crippen molar-refractivity contribution >= 4 is 40.3 Å². The van der Waals surface area contributed by atoms with Gasteiger partial charge in [0, 0.05) is 24.8 Å². The van der Waals surface area contributed by atoms with Crippen LogP contribution in [0.3, 0.4) is 0 Å². The molecule has 1 amide bonds. The van der Waals surface area contributed by atoms with E-state index in [9.17, 15) is 4.79 Å². The predicted molar refractivity (Wildman–Crippen MR) is 103 cm³/mol. The van der Waals surface area contributed by atoms with E-state index in [0.717, 1.165) is 24.2 Å². The average Bonchev–Trinajstić information content (AvgIpc) is 3.07. The fourth-order valence-electron chi connectivity index (χ4n) is 2.56. The van der Waals surface area contributed by atoms with Crippen LogP contribution in [0.4, 0.5) is 0 Å². The lowest BCUT2D eigenvalue weighted by molar-refractivity contribution is -0.122. The predicted octanol–water partition coefficient (Wildman–Crippen LogP) is 3.66. The molecule has 0 aliphatic carbocycles. The Balaban J connectivity index is 1.73. The van der Waals surface area contributed by atoms with E-state index in [0.29, 0.717) is 15.8 Å². The summed E-state index contributed by atoms with van der Waals surface area (Å²) in [4.78, 5) is 15.0. The molecule has 0 saturated carbocycles. The van der Waals surface area contributed by atoms with Crippen LogP contribution in [-0.4, -0.2) is 31.5 Å². The number of hydrogen-bond donors (Lipinski definition) is 0. The number of aryl methyl sites for hydroxylation is 2. The summed E-state index contributed by atoms with van der Waals surface area (Å²) in [5.74, 6) is -0.00965. The highest BCUT2D eigenvalue weighted by atomic mass is 32.2. The van der Waals surface area contributed by atoms with Gasteiger partial charge in [-0.15, -0.1) is 0 Å². The molecule has 0 N–H and O–H groups in total. The Bertz CT molecular complexity index is 796. The molecule has 0 bridgehead atoms. The second-order valence-corrected chi connectivity index (χ2v) is 7.27. The Kier molecular flexibility index (Phi) is 5.16. The van der Waals surface area contributed by atoms with E-state index in [1.807, 2.05) is 49.0 Å². The van der Waals surface area contributed by atoms with Crippen LogP contribution in [-0.2, 0) is 17.8 Å². The van der Waals surface area contributed by atoms with E-state index in [4.69, 9.17) is 12.2 Å². The zero-order valence-electron chi connectivity index (χ0n) is 13.7. The summed E-state index contributed by atoms with van der Waals surface area (Å²) >= 11 is 6.76. The van der Waals surface area contributed by atoms with Gasteiger partial charge in [0.05, 0.1) is 10.6 Å². The summed E-state index contributed by atoms with van der Waals surface area (Å²) in [6.45, 7) is 5.42. The van der Waals surface area contributed by atoms with Crippen LogP contribution in [0.2, 0.25) is 0 Å². The first kappa shape index (κ1) is 16.9. The quantitative estimate of drug-likeness (QED) is 0.605. The van der Waals surface area contributed by atoms with Crippen LogP contribution >= 0.6 is 24.0 Å². The van der Waals surface area contributed by atoms with Gasteiger partial charge in [-0.1, -0.05) is 54.3 Å². The first-order valence-electron chi connectivity index (χ1n) is 7.92. The van der Waals surface area contributed by atoms with Gasteiger partial charge >= 0.3 is 0 Å². The molecular formula is C18H19N3OS2. The molecule has 1 aromatic heterocycles. The van der Waals surface area contributed by atoms with Crippen LogP contribution in [0.25, 0.3) is 6.08 Å². The Morgan fingerprint density at radius 2 is 2.04 bits per heavy atom. The Labute approximate surface area is 151 Å². The minimum atomic E-state index is -0.00965. The molecule has 1 aliphatic rings. The first-order chi connectivity index (χ1) is 11.6. The third-order valence-electron chi connectivity index (χ3n) is 3.94. The highest BCUT2D eigenvalue weighted by molar-refractivity contribution is 8.26. The number of nitrogens with zero attached hydrogens (tertiary/aromatic N) is 3. The molecule has 124 valence electrons. The normalized spacial score (nSPS) is 16.4. The molecule has 4 nitrogen and oxygen atoms in total. The maximum atomic E-state index is 12.7. The van der Waals surface area contributed by atoms with Gasteiger partial charge in [-0.2, -0.15) is 5.10 Å². The van der Waals surface area contributed by atoms with Gasteiger partial charge in [-0.25, -0.2) is 0 Å². The summed E-state index contributed by atoms with van der Waals surface area (Å²) in [6.07, 6.45) is 4.66. The fourth-order valence-corrected chi connectivity index (χ4v) is 3.86. The van der Waals surface area contributed by atoms with Crippen molar-refractivity contribution in [3.8, 4) is 0 Å². The summed E-state index contributed by atoms with van der Waals surface area (Å²) in [5.41, 5.74) is 3.10. The molecule has 0 atom stereocenters. The van der Waals surface area contributed by atoms with Gasteiger partial charge in [0.15, 0.2) is 0 Å². The van der Waals surface area contributed by atoms with Crippen LogP contribution < -0.4 is 0 Å².